The summed E-state index contributed by atoms with van der Waals surface area (Å²) in [4.78, 5) is 49.1. The van der Waals surface area contributed by atoms with Crippen molar-refractivity contribution in [1.82, 2.24) is 16.0 Å². The second-order valence-corrected chi connectivity index (χ2v) is 17.7. The van der Waals surface area contributed by atoms with Gasteiger partial charge < -0.3 is 140 Å². The molecule has 0 aromatic rings. The fraction of sp³-hybridized carbons (Fsp3) is 0.897. The van der Waals surface area contributed by atoms with Gasteiger partial charge in [0.05, 0.1) is 45.2 Å². The number of aliphatic carboxylic acids is 1. The molecule has 0 aromatic carbocycles. The van der Waals surface area contributed by atoms with E-state index in [-0.39, 0.29) is 0 Å². The van der Waals surface area contributed by atoms with Gasteiger partial charge in [-0.1, -0.05) is 0 Å². The van der Waals surface area contributed by atoms with Gasteiger partial charge in [-0.15, -0.1) is 0 Å². The van der Waals surface area contributed by atoms with Crippen molar-refractivity contribution in [3.05, 3.63) is 0 Å². The van der Waals surface area contributed by atoms with E-state index in [9.17, 15) is 101 Å². The van der Waals surface area contributed by atoms with Crippen LogP contribution in [0, 0.1) is 0 Å². The molecule has 5 heterocycles. The van der Waals surface area contributed by atoms with E-state index in [0.717, 1.165) is 20.8 Å². The van der Waals surface area contributed by atoms with Crippen LogP contribution in [0.4, 0.5) is 0 Å². The van der Waals surface area contributed by atoms with Crippen LogP contribution in [0.5, 0.6) is 0 Å². The molecule has 0 radical (unpaired) electrons. The monoisotopic (exact) mass is 1040 g/mol. The molecule has 3 amide bonds. The van der Waals surface area contributed by atoms with Gasteiger partial charge in [0, 0.05) is 27.2 Å². The highest BCUT2D eigenvalue weighted by Gasteiger charge is 2.58. The highest BCUT2D eigenvalue weighted by molar-refractivity contribution is 5.76. The van der Waals surface area contributed by atoms with Crippen molar-refractivity contribution in [2.24, 2.45) is 0 Å². The summed E-state index contributed by atoms with van der Waals surface area (Å²) in [5.41, 5.74) is 0. The van der Waals surface area contributed by atoms with Crippen LogP contribution in [0.15, 0.2) is 0 Å². The normalized spacial score (nSPS) is 45.0. The van der Waals surface area contributed by atoms with Gasteiger partial charge in [0.25, 0.3) is 5.79 Å². The number of hydrogen-bond donors (Lipinski definition) is 19. The predicted molar refractivity (Wildman–Crippen MR) is 219 cm³/mol. The van der Waals surface area contributed by atoms with E-state index < -0.39 is 222 Å². The maximum atomic E-state index is 12.7. The molecule has 32 heteroatoms. The third kappa shape index (κ3) is 13.2. The van der Waals surface area contributed by atoms with Crippen LogP contribution in [0.1, 0.15) is 27.2 Å². The van der Waals surface area contributed by atoms with Crippen molar-refractivity contribution < 1.29 is 144 Å². The number of carboxylic acids is 1. The summed E-state index contributed by atoms with van der Waals surface area (Å²) in [5.74, 6) is -7.25. The summed E-state index contributed by atoms with van der Waals surface area (Å²) in [6.45, 7) is -1.78. The first-order chi connectivity index (χ1) is 33.3. The van der Waals surface area contributed by atoms with Gasteiger partial charge in [-0.25, -0.2) is 4.79 Å². The van der Waals surface area contributed by atoms with Crippen LogP contribution in [0.3, 0.4) is 0 Å². The predicted octanol–water partition coefficient (Wildman–Crippen LogP) is -12.3. The van der Waals surface area contributed by atoms with Crippen molar-refractivity contribution in [2.45, 2.75) is 186 Å². The summed E-state index contributed by atoms with van der Waals surface area (Å²) in [6, 6.07) is -4.85. The Labute approximate surface area is 402 Å². The minimum atomic E-state index is -2.95. The number of carbonyl (C=O) groups excluding carboxylic acids is 3. The van der Waals surface area contributed by atoms with Gasteiger partial charge in [-0.05, 0) is 0 Å². The lowest BCUT2D eigenvalue weighted by Crippen LogP contribution is -2.69. The number of carbonyl (C=O) groups is 4. The van der Waals surface area contributed by atoms with Gasteiger partial charge in [0.2, 0.25) is 17.7 Å². The lowest BCUT2D eigenvalue weighted by Gasteiger charge is -2.49. The Morgan fingerprint density at radius 3 is 1.61 bits per heavy atom. The molecule has 32 nitrogen and oxygen atoms in total. The fourth-order valence-corrected chi connectivity index (χ4v) is 8.73. The number of aliphatic hydroxyl groups excluding tert-OH is 15. The first-order valence-electron chi connectivity index (χ1n) is 22.2. The van der Waals surface area contributed by atoms with Gasteiger partial charge in [0.1, 0.15) is 116 Å². The molecule has 5 rings (SSSR count). The van der Waals surface area contributed by atoms with Crippen molar-refractivity contribution in [2.75, 3.05) is 33.0 Å². The maximum absolute atomic E-state index is 12.7. The van der Waals surface area contributed by atoms with E-state index in [2.05, 4.69) is 16.0 Å². The zero-order valence-electron chi connectivity index (χ0n) is 38.1. The molecule has 410 valence electrons. The molecule has 5 aliphatic rings. The minimum Gasteiger partial charge on any atom is -0.477 e. The van der Waals surface area contributed by atoms with E-state index >= 15 is 0 Å². The summed E-state index contributed by atoms with van der Waals surface area (Å²) in [5, 5.41) is 176. The number of carboxylic acid groups (broad SMARTS) is 1. The fourth-order valence-electron chi connectivity index (χ4n) is 8.73. The lowest BCUT2D eigenvalue weighted by molar-refractivity contribution is -0.363. The van der Waals surface area contributed by atoms with Gasteiger partial charge in [-0.2, -0.15) is 0 Å². The average molecular weight is 1040 g/mol. The van der Waals surface area contributed by atoms with Crippen molar-refractivity contribution in [1.29, 1.82) is 0 Å². The molecule has 5 saturated heterocycles. The number of aliphatic hydroxyl groups is 15. The van der Waals surface area contributed by atoms with Crippen LogP contribution in [0.2, 0.25) is 0 Å². The molecular formula is C39H65N3O29. The van der Waals surface area contributed by atoms with Gasteiger partial charge in [-0.3, -0.25) is 14.4 Å². The Bertz CT molecular complexity index is 1770. The maximum Gasteiger partial charge on any atom is 0.364 e. The topological polar surface area (TPSA) is 511 Å². The zero-order chi connectivity index (χ0) is 53.0. The zero-order valence-corrected chi connectivity index (χ0v) is 38.1. The first kappa shape index (κ1) is 58.8. The lowest BCUT2D eigenvalue weighted by atomic mass is 9.88. The number of hydrogen-bond acceptors (Lipinski definition) is 28. The Balaban J connectivity index is 1.32. The second kappa shape index (κ2) is 25.0. The average Bonchev–Trinajstić information content (AvgIpc) is 3.31. The Morgan fingerprint density at radius 2 is 1.07 bits per heavy atom. The van der Waals surface area contributed by atoms with Crippen LogP contribution in [0.25, 0.3) is 0 Å². The molecule has 71 heavy (non-hydrogen) atoms. The molecule has 0 bridgehead atoms. The van der Waals surface area contributed by atoms with Gasteiger partial charge in [0.15, 0.2) is 25.2 Å². The van der Waals surface area contributed by atoms with Crippen molar-refractivity contribution >= 4 is 23.7 Å². The van der Waals surface area contributed by atoms with E-state index in [1.807, 2.05) is 0 Å². The quantitative estimate of drug-likeness (QED) is 0.0571. The van der Waals surface area contributed by atoms with Crippen LogP contribution in [-0.2, 0) is 61.8 Å². The molecule has 0 spiro atoms. The highest BCUT2D eigenvalue weighted by Crippen LogP contribution is 2.36. The standard InChI is InChI=1S/C39H65N3O29/c1-10(46)40-19-13(49)4-39(38(61)62,71-33(19)22(51)14(50)5-43)64-9-18-24(53)28(57)30(59)37(68-18)69-31-16(7-45)67-35(20(26(31)55)41-11(2)47)63-8-17-25(54)32(21(34(60)65-17)42-12(3)48)70-36-29(58)27(56)23(52)15(6-44)66-36/h13-37,43-45,49-60H,4-9H2,1-3H3,(H,40,46)(H,41,47)(H,42,48)(H,61,62)/t13-,14+,15+,16+,17+,18+,19+,20+,21+,22+,23-,24-,25-,26+,27-,28-,29+,30+,31+,32+,33+,34+,35+,36-,37-,39+/m0/s1. The van der Waals surface area contributed by atoms with E-state index in [4.69, 9.17) is 42.6 Å². The molecule has 0 unspecified atom stereocenters. The summed E-state index contributed by atoms with van der Waals surface area (Å²) < 4.78 is 50.7. The van der Waals surface area contributed by atoms with E-state index in [1.54, 1.807) is 0 Å². The summed E-state index contributed by atoms with van der Waals surface area (Å²) in [7, 11) is 0. The number of rotatable bonds is 19. The minimum absolute atomic E-state index is 0.759. The highest BCUT2D eigenvalue weighted by atomic mass is 16.8. The SMILES string of the molecule is CC(=O)N[C@@H]1[C@@H](O[C@@H]2O[C@H](CO)[C@H](O)[C@H](O)[C@H]2O)[C@@H](O)[C@@H](CO[C@@H]2O[C@H](CO)[C@@H](O[C@@H]3O[C@H](CO[C@]4(C(=O)O)C[C@H](O)[C@@H](NC(C)=O)[C@H]([C@H](O)[C@H](O)CO)O4)[C@H](O)[C@H](O)[C@H]3O)[C@H](O)[C@H]2NC(C)=O)O[C@H]1O. The smallest absolute Gasteiger partial charge is 0.364 e. The largest absolute Gasteiger partial charge is 0.477 e. The molecule has 19 N–H and O–H groups in total. The second-order valence-electron chi connectivity index (χ2n) is 17.7. The Kier molecular flexibility index (Phi) is 20.7. The van der Waals surface area contributed by atoms with Crippen molar-refractivity contribution in [3.63, 3.8) is 0 Å². The van der Waals surface area contributed by atoms with Crippen LogP contribution >= 0.6 is 0 Å². The molecule has 0 aromatic heterocycles. The van der Waals surface area contributed by atoms with Crippen LogP contribution < -0.4 is 16.0 Å². The molecule has 0 aliphatic carbocycles. The summed E-state index contributed by atoms with van der Waals surface area (Å²) in [6.07, 6.45) is -43.2. The van der Waals surface area contributed by atoms with E-state index in [1.165, 1.54) is 0 Å². The Morgan fingerprint density at radius 1 is 0.577 bits per heavy atom. The molecule has 26 atom stereocenters. The van der Waals surface area contributed by atoms with Crippen molar-refractivity contribution in [3.8, 4) is 0 Å². The molecule has 5 fully saturated rings. The van der Waals surface area contributed by atoms with Crippen LogP contribution in [-0.4, -0.2) is 297 Å². The number of amides is 3. The van der Waals surface area contributed by atoms with Gasteiger partial charge >= 0.3 is 5.97 Å². The molecule has 5 aliphatic heterocycles. The summed E-state index contributed by atoms with van der Waals surface area (Å²) >= 11 is 0. The van der Waals surface area contributed by atoms with E-state index in [0.29, 0.717) is 0 Å². The molecule has 0 saturated carbocycles. The number of nitrogens with one attached hydrogen (secondary N) is 3. The Hall–Kier alpha value is -3.08. The third-order valence-electron chi connectivity index (χ3n) is 12.5. The molecular weight excluding hydrogens is 974 g/mol. The number of ether oxygens (including phenoxy) is 9. The first-order valence-corrected chi connectivity index (χ1v) is 22.2. The third-order valence-corrected chi connectivity index (χ3v) is 12.5.